The summed E-state index contributed by atoms with van der Waals surface area (Å²) in [5, 5.41) is 1.22. The van der Waals surface area contributed by atoms with E-state index in [1.165, 1.54) is 18.3 Å². The molecule has 0 saturated carbocycles. The van der Waals surface area contributed by atoms with Gasteiger partial charge in [-0.15, -0.1) is 0 Å². The van der Waals surface area contributed by atoms with E-state index in [-0.39, 0.29) is 16.5 Å². The van der Waals surface area contributed by atoms with Crippen LogP contribution in [0.25, 0.3) is 6.08 Å². The number of nitrogens with zero attached hydrogens (tertiary/aromatic N) is 3. The number of piperidine rings is 1. The minimum absolute atomic E-state index is 0.187. The number of likely N-dealkylation sites (tertiary alicyclic amines) is 1. The quantitative estimate of drug-likeness (QED) is 0.329. The second kappa shape index (κ2) is 10.1. The van der Waals surface area contributed by atoms with Gasteiger partial charge in [-0.3, -0.25) is 9.69 Å². The number of rotatable bonds is 4. The molecule has 4 nitrogen and oxygen atoms in total. The fourth-order valence-electron chi connectivity index (χ4n) is 5.13. The Bertz CT molecular complexity index is 1360. The minimum atomic E-state index is -0.595. The number of fused-ring (bicyclic) bond motifs is 2. The van der Waals surface area contributed by atoms with Gasteiger partial charge in [0.25, 0.3) is 5.91 Å². The van der Waals surface area contributed by atoms with Crippen LogP contribution in [0.2, 0.25) is 15.2 Å². The first-order valence-corrected chi connectivity index (χ1v) is 12.7. The summed E-state index contributed by atoms with van der Waals surface area (Å²) in [5.41, 5.74) is 2.19. The van der Waals surface area contributed by atoms with Gasteiger partial charge in [-0.25, -0.2) is 13.8 Å². The number of carbonyl (C=O) groups is 1. The lowest BCUT2D eigenvalue weighted by Crippen LogP contribution is -2.46. The fraction of sp³-hybridized carbons (Fsp3) is 0.259. The number of benzene rings is 2. The van der Waals surface area contributed by atoms with Crippen LogP contribution in [0.4, 0.5) is 14.5 Å². The highest BCUT2D eigenvalue weighted by Crippen LogP contribution is 2.51. The van der Waals surface area contributed by atoms with Gasteiger partial charge in [0.05, 0.1) is 10.7 Å². The van der Waals surface area contributed by atoms with E-state index in [2.05, 4.69) is 9.88 Å². The first-order chi connectivity index (χ1) is 17.3. The number of aromatic nitrogens is 1. The molecule has 0 aliphatic carbocycles. The van der Waals surface area contributed by atoms with Crippen LogP contribution in [-0.4, -0.2) is 42.0 Å². The maximum absolute atomic E-state index is 13.9. The Hall–Kier alpha value is -2.51. The molecule has 2 aliphatic heterocycles. The Morgan fingerprint density at radius 3 is 2.56 bits per heavy atom. The molecule has 1 saturated heterocycles. The lowest BCUT2D eigenvalue weighted by molar-refractivity contribution is 0.0977. The Morgan fingerprint density at radius 1 is 1.06 bits per heavy atom. The molecule has 0 bridgehead atoms. The first kappa shape index (κ1) is 25.2. The largest absolute Gasteiger partial charge is 0.306 e. The Balaban J connectivity index is 1.35. The highest BCUT2D eigenvalue weighted by molar-refractivity contribution is 6.37. The second-order valence-corrected chi connectivity index (χ2v) is 10.4. The highest BCUT2D eigenvalue weighted by atomic mass is 35.5. The minimum Gasteiger partial charge on any atom is -0.306 e. The number of hydrogen-bond donors (Lipinski definition) is 0. The van der Waals surface area contributed by atoms with Crippen LogP contribution < -0.4 is 4.90 Å². The van der Waals surface area contributed by atoms with E-state index in [0.29, 0.717) is 39.9 Å². The molecule has 9 heteroatoms. The summed E-state index contributed by atoms with van der Waals surface area (Å²) in [7, 11) is 0. The van der Waals surface area contributed by atoms with Crippen molar-refractivity contribution >= 4 is 52.5 Å². The van der Waals surface area contributed by atoms with E-state index in [4.69, 9.17) is 34.8 Å². The van der Waals surface area contributed by atoms with Crippen LogP contribution in [-0.2, 0) is 5.41 Å². The van der Waals surface area contributed by atoms with Crippen molar-refractivity contribution in [3.8, 4) is 0 Å². The zero-order chi connectivity index (χ0) is 25.4. The predicted octanol–water partition coefficient (Wildman–Crippen LogP) is 7.03. The molecule has 3 aromatic rings. The van der Waals surface area contributed by atoms with E-state index >= 15 is 0 Å². The van der Waals surface area contributed by atoms with Crippen molar-refractivity contribution in [2.75, 3.05) is 31.1 Å². The number of anilines is 1. The summed E-state index contributed by atoms with van der Waals surface area (Å²) in [6.45, 7) is 2.69. The summed E-state index contributed by atoms with van der Waals surface area (Å²) >= 11 is 19.0. The lowest BCUT2D eigenvalue weighted by atomic mass is 9.74. The maximum atomic E-state index is 13.9. The molecule has 5 rings (SSSR count). The van der Waals surface area contributed by atoms with Gasteiger partial charge in [0, 0.05) is 46.9 Å². The number of amides is 1. The van der Waals surface area contributed by atoms with Crippen molar-refractivity contribution in [1.29, 1.82) is 0 Å². The molecule has 186 valence electrons. The zero-order valence-corrected chi connectivity index (χ0v) is 21.4. The molecule has 1 aromatic heterocycles. The van der Waals surface area contributed by atoms with Crippen LogP contribution in [0.1, 0.15) is 34.3 Å². The molecule has 3 heterocycles. The molecule has 2 aliphatic rings. The van der Waals surface area contributed by atoms with Crippen LogP contribution in [0.5, 0.6) is 0 Å². The third kappa shape index (κ3) is 4.88. The van der Waals surface area contributed by atoms with Gasteiger partial charge < -0.3 is 4.90 Å². The molecule has 0 atom stereocenters. The van der Waals surface area contributed by atoms with E-state index in [1.807, 2.05) is 12.1 Å². The molecule has 0 N–H and O–H groups in total. The molecule has 0 unspecified atom stereocenters. The SMILES string of the molecule is O=C(c1ccnc(Cl)c1)N1CC2(CCN(C/C=C/c3ccc(F)cc3F)CC2)c2cc(Cl)cc(Cl)c21. The monoisotopic (exact) mass is 547 g/mol. The van der Waals surface area contributed by atoms with Crippen LogP contribution in [0.15, 0.2) is 54.7 Å². The van der Waals surface area contributed by atoms with Crippen LogP contribution >= 0.6 is 34.8 Å². The average molecular weight is 549 g/mol. The number of hydrogen-bond acceptors (Lipinski definition) is 3. The summed E-state index contributed by atoms with van der Waals surface area (Å²) in [5.74, 6) is -1.36. The number of carbonyl (C=O) groups excluding carboxylic acids is 1. The summed E-state index contributed by atoms with van der Waals surface area (Å²) < 4.78 is 27.0. The van der Waals surface area contributed by atoms with Crippen molar-refractivity contribution in [1.82, 2.24) is 9.88 Å². The first-order valence-electron chi connectivity index (χ1n) is 11.5. The summed E-state index contributed by atoms with van der Waals surface area (Å²) in [4.78, 5) is 21.5. The van der Waals surface area contributed by atoms with Crippen molar-refractivity contribution in [2.45, 2.75) is 18.3 Å². The van der Waals surface area contributed by atoms with Crippen molar-refractivity contribution < 1.29 is 13.6 Å². The Labute approximate surface area is 223 Å². The Morgan fingerprint density at radius 2 is 1.83 bits per heavy atom. The smallest absolute Gasteiger partial charge is 0.258 e. The van der Waals surface area contributed by atoms with Gasteiger partial charge in [-0.1, -0.05) is 47.0 Å². The number of halogens is 5. The van der Waals surface area contributed by atoms with E-state index in [0.717, 1.165) is 37.6 Å². The van der Waals surface area contributed by atoms with E-state index in [9.17, 15) is 13.6 Å². The molecule has 0 radical (unpaired) electrons. The standard InChI is InChI=1S/C27H22Cl3F2N3O/c28-19-13-21-25(22(29)14-19)35(26(36)18-5-8-33-24(30)12-18)16-27(21)6-10-34(11-7-27)9-1-2-17-3-4-20(31)15-23(17)32/h1-5,8,12-15H,6-7,9-11,16H2/b2-1+. The molecular weight excluding hydrogens is 527 g/mol. The maximum Gasteiger partial charge on any atom is 0.258 e. The third-order valence-electron chi connectivity index (χ3n) is 6.99. The van der Waals surface area contributed by atoms with Gasteiger partial charge >= 0.3 is 0 Å². The van der Waals surface area contributed by atoms with Gasteiger partial charge in [-0.05, 0) is 67.9 Å². The number of pyridine rings is 1. The van der Waals surface area contributed by atoms with Crippen molar-refractivity contribution in [3.63, 3.8) is 0 Å². The van der Waals surface area contributed by atoms with E-state index in [1.54, 1.807) is 29.2 Å². The predicted molar refractivity (Wildman–Crippen MR) is 140 cm³/mol. The highest BCUT2D eigenvalue weighted by Gasteiger charge is 2.47. The fourth-order valence-corrected chi connectivity index (χ4v) is 5.90. The van der Waals surface area contributed by atoms with E-state index < -0.39 is 11.6 Å². The van der Waals surface area contributed by atoms with Crippen LogP contribution in [0, 0.1) is 11.6 Å². The van der Waals surface area contributed by atoms with Gasteiger partial charge in [0.2, 0.25) is 0 Å². The molecule has 1 spiro atoms. The average Bonchev–Trinajstić information content (AvgIpc) is 3.15. The summed E-state index contributed by atoms with van der Waals surface area (Å²) in [6.07, 6.45) is 6.67. The van der Waals surface area contributed by atoms with Gasteiger partial charge in [0.15, 0.2) is 0 Å². The molecule has 1 amide bonds. The Kier molecular flexibility index (Phi) is 7.05. The normalized spacial score (nSPS) is 17.2. The van der Waals surface area contributed by atoms with Gasteiger partial charge in [-0.2, -0.15) is 0 Å². The topological polar surface area (TPSA) is 36.4 Å². The zero-order valence-electron chi connectivity index (χ0n) is 19.2. The molecular formula is C27H22Cl3F2N3O. The second-order valence-electron chi connectivity index (χ2n) is 9.19. The van der Waals surface area contributed by atoms with Crippen LogP contribution in [0.3, 0.4) is 0 Å². The molecule has 2 aromatic carbocycles. The summed E-state index contributed by atoms with van der Waals surface area (Å²) in [6, 6.07) is 10.3. The van der Waals surface area contributed by atoms with Gasteiger partial charge in [0.1, 0.15) is 16.8 Å². The van der Waals surface area contributed by atoms with Crippen molar-refractivity contribution in [3.05, 3.63) is 98.3 Å². The van der Waals surface area contributed by atoms with Crippen molar-refractivity contribution in [2.24, 2.45) is 0 Å². The molecule has 1 fully saturated rings. The molecule has 36 heavy (non-hydrogen) atoms. The third-order valence-corrected chi connectivity index (χ3v) is 7.70. The lowest BCUT2D eigenvalue weighted by Gasteiger charge is -2.39.